The zero-order valence-electron chi connectivity index (χ0n) is 14.5. The fourth-order valence-corrected chi connectivity index (χ4v) is 3.76. The molecule has 0 fully saturated rings. The fourth-order valence-electron chi connectivity index (χ4n) is 3.76. The van der Waals surface area contributed by atoms with E-state index >= 15 is 0 Å². The number of aryl methyl sites for hydroxylation is 1. The van der Waals surface area contributed by atoms with Crippen LogP contribution in [-0.2, 0) is 13.0 Å². The van der Waals surface area contributed by atoms with E-state index in [9.17, 15) is 18.3 Å². The number of hydrogen-bond donors (Lipinski definition) is 2. The van der Waals surface area contributed by atoms with Crippen molar-refractivity contribution in [2.24, 2.45) is 5.92 Å². The summed E-state index contributed by atoms with van der Waals surface area (Å²) in [6.07, 6.45) is -6.02. The third-order valence-corrected chi connectivity index (χ3v) is 5.11. The average Bonchev–Trinajstić information content (AvgIpc) is 2.65. The van der Waals surface area contributed by atoms with E-state index in [0.717, 1.165) is 5.56 Å². The highest BCUT2D eigenvalue weighted by molar-refractivity contribution is 5.93. The van der Waals surface area contributed by atoms with E-state index in [1.54, 1.807) is 0 Å². The maximum atomic E-state index is 13.4. The lowest BCUT2D eigenvalue weighted by Crippen LogP contribution is -2.34. The topological polar surface area (TPSA) is 45.2 Å². The first-order valence-corrected chi connectivity index (χ1v) is 8.89. The third-order valence-electron chi connectivity index (χ3n) is 5.11. The van der Waals surface area contributed by atoms with Crippen LogP contribution in [0.3, 0.4) is 0 Å². The Balaban J connectivity index is 1.81. The summed E-state index contributed by atoms with van der Waals surface area (Å²) in [5.74, 6) is -1.77. The van der Waals surface area contributed by atoms with E-state index in [4.69, 9.17) is 0 Å². The van der Waals surface area contributed by atoms with Crippen LogP contribution >= 0.6 is 0 Å². The monoisotopic (exact) mass is 372 g/mol. The Hall–Kier alpha value is -2.60. The van der Waals surface area contributed by atoms with Gasteiger partial charge < -0.3 is 10.4 Å². The largest absolute Gasteiger partial charge is 0.394 e. The van der Waals surface area contributed by atoms with Crippen molar-refractivity contribution in [3.8, 4) is 0 Å². The number of rotatable bonds is 3. The second-order valence-corrected chi connectivity index (χ2v) is 6.84. The summed E-state index contributed by atoms with van der Waals surface area (Å²) in [6, 6.07) is 16.9. The summed E-state index contributed by atoms with van der Waals surface area (Å²) >= 11 is 0. The van der Waals surface area contributed by atoms with Crippen LogP contribution in [0, 0.1) is 5.92 Å². The van der Waals surface area contributed by atoms with Crippen LogP contribution in [-0.4, -0.2) is 16.3 Å². The van der Waals surface area contributed by atoms with Gasteiger partial charge >= 0.3 is 6.18 Å². The number of anilines is 1. The Bertz CT molecular complexity index is 957. The van der Waals surface area contributed by atoms with Crippen molar-refractivity contribution in [2.45, 2.75) is 31.7 Å². The number of para-hydroxylation sites is 1. The van der Waals surface area contributed by atoms with Gasteiger partial charge in [-0.05, 0) is 24.5 Å². The quantitative estimate of drug-likeness (QED) is 0.680. The number of nitrogens with zero attached hydrogens (tertiary/aromatic N) is 1. The molecule has 0 radical (unpaired) electrons. The SMILES string of the molecule is OC1c2c(nc3ccccc3c2NCc2ccccc2)CCC1C(F)(F)F. The Morgan fingerprint density at radius 3 is 2.48 bits per heavy atom. The van der Waals surface area contributed by atoms with E-state index in [0.29, 0.717) is 28.8 Å². The lowest BCUT2D eigenvalue weighted by Gasteiger charge is -2.33. The molecule has 27 heavy (non-hydrogen) atoms. The van der Waals surface area contributed by atoms with Gasteiger partial charge in [0.15, 0.2) is 0 Å². The molecule has 2 N–H and O–H groups in total. The molecule has 3 nitrogen and oxygen atoms in total. The van der Waals surface area contributed by atoms with Crippen molar-refractivity contribution in [3.05, 3.63) is 71.4 Å². The molecule has 3 aromatic rings. The minimum absolute atomic E-state index is 0.152. The molecule has 2 unspecified atom stereocenters. The smallest absolute Gasteiger partial charge is 0.388 e. The van der Waals surface area contributed by atoms with Crippen molar-refractivity contribution in [3.63, 3.8) is 0 Å². The van der Waals surface area contributed by atoms with Gasteiger partial charge in [-0.1, -0.05) is 48.5 Å². The Labute approximate surface area is 154 Å². The molecular weight excluding hydrogens is 353 g/mol. The summed E-state index contributed by atoms with van der Waals surface area (Å²) in [5.41, 5.74) is 3.07. The molecule has 0 amide bonds. The number of pyridine rings is 1. The summed E-state index contributed by atoms with van der Waals surface area (Å²) < 4.78 is 40.1. The molecule has 0 spiro atoms. The molecule has 6 heteroatoms. The minimum Gasteiger partial charge on any atom is -0.388 e. The first kappa shape index (κ1) is 17.8. The number of aliphatic hydroxyl groups excluding tert-OH is 1. The maximum Gasteiger partial charge on any atom is 0.394 e. The van der Waals surface area contributed by atoms with Crippen molar-refractivity contribution < 1.29 is 18.3 Å². The molecule has 0 saturated heterocycles. The number of nitrogens with one attached hydrogen (secondary N) is 1. The summed E-state index contributed by atoms with van der Waals surface area (Å²) in [5, 5.41) is 14.6. The number of aromatic nitrogens is 1. The Morgan fingerprint density at radius 2 is 1.74 bits per heavy atom. The first-order valence-electron chi connectivity index (χ1n) is 8.89. The van der Waals surface area contributed by atoms with E-state index in [2.05, 4.69) is 10.3 Å². The molecule has 0 aliphatic heterocycles. The average molecular weight is 372 g/mol. The highest BCUT2D eigenvalue weighted by atomic mass is 19.4. The minimum atomic E-state index is -4.44. The zero-order chi connectivity index (χ0) is 19.0. The predicted octanol–water partition coefficient (Wildman–Crippen LogP) is 5.01. The van der Waals surface area contributed by atoms with Gasteiger partial charge in [0.25, 0.3) is 0 Å². The van der Waals surface area contributed by atoms with Gasteiger partial charge in [0.05, 0.1) is 23.2 Å². The molecule has 140 valence electrons. The van der Waals surface area contributed by atoms with E-state index in [-0.39, 0.29) is 18.4 Å². The molecule has 0 bridgehead atoms. The van der Waals surface area contributed by atoms with Gasteiger partial charge in [-0.25, -0.2) is 0 Å². The zero-order valence-corrected chi connectivity index (χ0v) is 14.5. The van der Waals surface area contributed by atoms with Crippen molar-refractivity contribution >= 4 is 16.6 Å². The second-order valence-electron chi connectivity index (χ2n) is 6.84. The van der Waals surface area contributed by atoms with Crippen LogP contribution in [0.15, 0.2) is 54.6 Å². The molecule has 1 aromatic heterocycles. The maximum absolute atomic E-state index is 13.4. The molecule has 1 heterocycles. The summed E-state index contributed by atoms with van der Waals surface area (Å²) in [4.78, 5) is 4.53. The van der Waals surface area contributed by atoms with Crippen LogP contribution in [0.25, 0.3) is 10.9 Å². The van der Waals surface area contributed by atoms with E-state index < -0.39 is 18.2 Å². The van der Waals surface area contributed by atoms with Gasteiger partial charge in [-0.15, -0.1) is 0 Å². The predicted molar refractivity (Wildman–Crippen MR) is 98.3 cm³/mol. The third kappa shape index (κ3) is 3.37. The lowest BCUT2D eigenvalue weighted by atomic mass is 9.81. The lowest BCUT2D eigenvalue weighted by molar-refractivity contribution is -0.205. The van der Waals surface area contributed by atoms with Crippen molar-refractivity contribution in [1.29, 1.82) is 0 Å². The van der Waals surface area contributed by atoms with E-state index in [1.165, 1.54) is 0 Å². The second kappa shape index (κ2) is 6.85. The number of hydrogen-bond acceptors (Lipinski definition) is 3. The van der Waals surface area contributed by atoms with Gasteiger partial charge in [0.2, 0.25) is 0 Å². The molecule has 2 aromatic carbocycles. The van der Waals surface area contributed by atoms with Gasteiger partial charge in [0.1, 0.15) is 0 Å². The molecule has 1 aliphatic rings. The summed E-state index contributed by atoms with van der Waals surface area (Å²) in [7, 11) is 0. The standard InChI is InChI=1S/C21H19F3N2O/c22-21(23,24)15-10-11-17-18(20(15)27)19(14-8-4-5-9-16(14)26-17)25-12-13-6-2-1-3-7-13/h1-9,15,20,27H,10-12H2,(H,25,26). The van der Waals surface area contributed by atoms with Gasteiger partial charge in [-0.3, -0.25) is 4.98 Å². The number of alkyl halides is 3. The fraction of sp³-hybridized carbons (Fsp3) is 0.286. The Morgan fingerprint density at radius 1 is 1.04 bits per heavy atom. The highest BCUT2D eigenvalue weighted by Crippen LogP contribution is 2.47. The summed E-state index contributed by atoms with van der Waals surface area (Å²) in [6.45, 7) is 0.449. The number of fused-ring (bicyclic) bond motifs is 2. The number of halogens is 3. The van der Waals surface area contributed by atoms with Crippen LogP contribution in [0.2, 0.25) is 0 Å². The molecular formula is C21H19F3N2O. The van der Waals surface area contributed by atoms with Crippen molar-refractivity contribution in [2.75, 3.05) is 5.32 Å². The molecule has 1 aliphatic carbocycles. The van der Waals surface area contributed by atoms with Crippen LogP contribution < -0.4 is 5.32 Å². The first-order chi connectivity index (χ1) is 12.9. The normalized spacial score (nSPS) is 19.7. The van der Waals surface area contributed by atoms with Crippen LogP contribution in [0.4, 0.5) is 18.9 Å². The number of benzene rings is 2. The molecule has 4 rings (SSSR count). The Kier molecular flexibility index (Phi) is 4.52. The molecule has 0 saturated carbocycles. The van der Waals surface area contributed by atoms with E-state index in [1.807, 2.05) is 54.6 Å². The van der Waals surface area contributed by atoms with Crippen LogP contribution in [0.1, 0.15) is 29.3 Å². The highest BCUT2D eigenvalue weighted by Gasteiger charge is 2.48. The molecule has 2 atom stereocenters. The van der Waals surface area contributed by atoms with Gasteiger partial charge in [0, 0.05) is 23.2 Å². The van der Waals surface area contributed by atoms with Gasteiger partial charge in [-0.2, -0.15) is 13.2 Å². The van der Waals surface area contributed by atoms with Crippen molar-refractivity contribution in [1.82, 2.24) is 4.98 Å². The van der Waals surface area contributed by atoms with Crippen LogP contribution in [0.5, 0.6) is 0 Å². The number of aliphatic hydroxyl groups is 1.